The number of hydrogen-bond donors (Lipinski definition) is 1. The van der Waals surface area contributed by atoms with Crippen molar-refractivity contribution in [1.82, 2.24) is 5.32 Å². The predicted molar refractivity (Wildman–Crippen MR) is 73.5 cm³/mol. The van der Waals surface area contributed by atoms with Gasteiger partial charge in [0.1, 0.15) is 17.2 Å². The van der Waals surface area contributed by atoms with Gasteiger partial charge >= 0.3 is 0 Å². The zero-order valence-electron chi connectivity index (χ0n) is 10.3. The van der Waals surface area contributed by atoms with E-state index in [9.17, 15) is 4.39 Å². The Hall–Kier alpha value is -1.000. The minimum absolute atomic E-state index is 0.216. The molecule has 2 nitrogen and oxygen atoms in total. The van der Waals surface area contributed by atoms with Crippen molar-refractivity contribution in [3.8, 4) is 0 Å². The molecule has 0 amide bonds. The number of halogens is 1. The fraction of sp³-hybridized carbons (Fsp3) is 0.429. The van der Waals surface area contributed by atoms with Crippen molar-refractivity contribution in [2.24, 2.45) is 0 Å². The summed E-state index contributed by atoms with van der Waals surface area (Å²) in [4.78, 5) is 0. The molecule has 1 aliphatic rings. The van der Waals surface area contributed by atoms with Crippen molar-refractivity contribution < 1.29 is 8.81 Å². The molecule has 1 aromatic carbocycles. The molecule has 18 heavy (non-hydrogen) atoms. The van der Waals surface area contributed by atoms with Gasteiger partial charge in [-0.3, -0.25) is 0 Å². The molecule has 0 saturated carbocycles. The van der Waals surface area contributed by atoms with Crippen LogP contribution >= 0.6 is 11.8 Å². The smallest absolute Gasteiger partial charge is 0.134 e. The summed E-state index contributed by atoms with van der Waals surface area (Å²) in [5, 5.41) is 4.72. The average Bonchev–Trinajstić information content (AvgIpc) is 2.98. The number of furan rings is 1. The highest BCUT2D eigenvalue weighted by atomic mass is 32.2. The summed E-state index contributed by atoms with van der Waals surface area (Å²) in [5.41, 5.74) is 0.759. The van der Waals surface area contributed by atoms with Gasteiger partial charge in [-0.1, -0.05) is 0 Å². The Morgan fingerprint density at radius 1 is 1.44 bits per heavy atom. The van der Waals surface area contributed by atoms with Crippen LogP contribution < -0.4 is 5.32 Å². The Bertz CT molecular complexity index is 548. The maximum absolute atomic E-state index is 13.2. The Kier molecular flexibility index (Phi) is 3.31. The van der Waals surface area contributed by atoms with E-state index in [1.807, 2.05) is 24.9 Å². The largest absolute Gasteiger partial charge is 0.459 e. The van der Waals surface area contributed by atoms with Crippen LogP contribution in [0.1, 0.15) is 24.6 Å². The van der Waals surface area contributed by atoms with Crippen molar-refractivity contribution in [2.45, 2.75) is 24.1 Å². The van der Waals surface area contributed by atoms with Crippen LogP contribution in [0.2, 0.25) is 0 Å². The molecule has 1 fully saturated rings. The van der Waals surface area contributed by atoms with Crippen LogP contribution in [0, 0.1) is 5.82 Å². The maximum Gasteiger partial charge on any atom is 0.134 e. The quantitative estimate of drug-likeness (QED) is 0.915. The lowest BCUT2D eigenvalue weighted by molar-refractivity contribution is 0.437. The summed E-state index contributed by atoms with van der Waals surface area (Å²) in [6, 6.07) is 6.83. The SMILES string of the molecule is CNC(c1cc2cc(F)ccc2o1)C1CCCS1. The highest BCUT2D eigenvalue weighted by Crippen LogP contribution is 2.37. The minimum atomic E-state index is -0.217. The number of nitrogens with one attached hydrogen (secondary N) is 1. The van der Waals surface area contributed by atoms with Gasteiger partial charge in [0, 0.05) is 10.6 Å². The molecule has 1 aliphatic heterocycles. The van der Waals surface area contributed by atoms with Crippen molar-refractivity contribution in [3.63, 3.8) is 0 Å². The normalized spacial score (nSPS) is 21.6. The zero-order chi connectivity index (χ0) is 12.5. The zero-order valence-corrected chi connectivity index (χ0v) is 11.1. The number of thioether (sulfide) groups is 1. The minimum Gasteiger partial charge on any atom is -0.459 e. The molecule has 4 heteroatoms. The number of rotatable bonds is 3. The highest BCUT2D eigenvalue weighted by Gasteiger charge is 2.28. The predicted octanol–water partition coefficient (Wildman–Crippen LogP) is 3.73. The van der Waals surface area contributed by atoms with E-state index in [2.05, 4.69) is 5.32 Å². The van der Waals surface area contributed by atoms with Crippen LogP contribution in [0.15, 0.2) is 28.7 Å². The van der Waals surface area contributed by atoms with Gasteiger partial charge in [0.15, 0.2) is 0 Å². The standard InChI is InChI=1S/C14H16FNOS/c1-16-14(13-3-2-6-18-13)12-8-9-7-10(15)4-5-11(9)17-12/h4-5,7-8,13-14,16H,2-3,6H2,1H3. The van der Waals surface area contributed by atoms with Crippen LogP contribution in [0.5, 0.6) is 0 Å². The third kappa shape index (κ3) is 2.15. The van der Waals surface area contributed by atoms with Crippen molar-refractivity contribution in [2.75, 3.05) is 12.8 Å². The van der Waals surface area contributed by atoms with Crippen molar-refractivity contribution in [1.29, 1.82) is 0 Å². The fourth-order valence-corrected chi connectivity index (χ4v) is 4.00. The van der Waals surface area contributed by atoms with Gasteiger partial charge in [-0.05, 0) is 49.9 Å². The fourth-order valence-electron chi connectivity index (χ4n) is 2.56. The summed E-state index contributed by atoms with van der Waals surface area (Å²) < 4.78 is 19.0. The molecule has 1 saturated heterocycles. The Labute approximate surface area is 110 Å². The average molecular weight is 265 g/mol. The highest BCUT2D eigenvalue weighted by molar-refractivity contribution is 8.00. The number of fused-ring (bicyclic) bond motifs is 1. The second-order valence-electron chi connectivity index (χ2n) is 4.65. The first kappa shape index (κ1) is 12.1. The van der Waals surface area contributed by atoms with Gasteiger partial charge in [0.05, 0.1) is 6.04 Å². The Morgan fingerprint density at radius 3 is 3.06 bits per heavy atom. The molecular weight excluding hydrogens is 249 g/mol. The Balaban J connectivity index is 1.96. The molecule has 0 aliphatic carbocycles. The van der Waals surface area contributed by atoms with Gasteiger partial charge in [-0.15, -0.1) is 0 Å². The maximum atomic E-state index is 13.2. The summed E-state index contributed by atoms with van der Waals surface area (Å²) in [6.07, 6.45) is 2.48. The Morgan fingerprint density at radius 2 is 2.33 bits per heavy atom. The van der Waals surface area contributed by atoms with E-state index in [-0.39, 0.29) is 11.9 Å². The summed E-state index contributed by atoms with van der Waals surface area (Å²) in [6.45, 7) is 0. The molecule has 0 radical (unpaired) electrons. The first-order valence-electron chi connectivity index (χ1n) is 6.26. The second-order valence-corrected chi connectivity index (χ2v) is 6.00. The second kappa shape index (κ2) is 4.94. The van der Waals surface area contributed by atoms with Crippen LogP contribution in [0.4, 0.5) is 4.39 Å². The van der Waals surface area contributed by atoms with Gasteiger partial charge in [-0.25, -0.2) is 4.39 Å². The van der Waals surface area contributed by atoms with Gasteiger partial charge in [0.2, 0.25) is 0 Å². The van der Waals surface area contributed by atoms with E-state index in [1.54, 1.807) is 6.07 Å². The van der Waals surface area contributed by atoms with E-state index in [4.69, 9.17) is 4.42 Å². The molecule has 3 rings (SSSR count). The molecule has 1 N–H and O–H groups in total. The lowest BCUT2D eigenvalue weighted by atomic mass is 10.1. The molecule has 96 valence electrons. The molecule has 2 unspecified atom stereocenters. The molecule has 2 heterocycles. The lowest BCUT2D eigenvalue weighted by Gasteiger charge is -2.19. The van der Waals surface area contributed by atoms with Gasteiger partial charge < -0.3 is 9.73 Å². The van der Waals surface area contributed by atoms with Crippen LogP contribution in [0.25, 0.3) is 11.0 Å². The van der Waals surface area contributed by atoms with Crippen LogP contribution in [-0.4, -0.2) is 18.1 Å². The molecule has 0 bridgehead atoms. The van der Waals surface area contributed by atoms with Crippen LogP contribution in [-0.2, 0) is 0 Å². The van der Waals surface area contributed by atoms with Crippen molar-refractivity contribution >= 4 is 22.7 Å². The molecule has 1 aromatic heterocycles. The molecule has 2 atom stereocenters. The van der Waals surface area contributed by atoms with E-state index in [0.717, 1.165) is 16.7 Å². The summed E-state index contributed by atoms with van der Waals surface area (Å²) in [7, 11) is 1.96. The molecule has 0 spiro atoms. The van der Waals surface area contributed by atoms with E-state index in [0.29, 0.717) is 5.25 Å². The summed E-state index contributed by atoms with van der Waals surface area (Å²) >= 11 is 1.99. The summed E-state index contributed by atoms with van der Waals surface area (Å²) in [5.74, 6) is 1.92. The number of hydrogen-bond acceptors (Lipinski definition) is 3. The van der Waals surface area contributed by atoms with E-state index < -0.39 is 0 Å². The van der Waals surface area contributed by atoms with Gasteiger partial charge in [0.25, 0.3) is 0 Å². The van der Waals surface area contributed by atoms with Crippen LogP contribution in [0.3, 0.4) is 0 Å². The molecular formula is C14H16FNOS. The topological polar surface area (TPSA) is 25.2 Å². The third-order valence-corrected chi connectivity index (χ3v) is 4.91. The monoisotopic (exact) mass is 265 g/mol. The van der Waals surface area contributed by atoms with Crippen molar-refractivity contribution in [3.05, 3.63) is 35.8 Å². The number of benzene rings is 1. The first-order valence-corrected chi connectivity index (χ1v) is 7.30. The first-order chi connectivity index (χ1) is 8.78. The third-order valence-electron chi connectivity index (χ3n) is 3.45. The van der Waals surface area contributed by atoms with Gasteiger partial charge in [-0.2, -0.15) is 11.8 Å². The van der Waals surface area contributed by atoms with E-state index in [1.165, 1.54) is 30.7 Å². The molecule has 2 aromatic rings. The van der Waals surface area contributed by atoms with E-state index >= 15 is 0 Å². The lowest BCUT2D eigenvalue weighted by Crippen LogP contribution is -2.25.